The summed E-state index contributed by atoms with van der Waals surface area (Å²) in [6.45, 7) is 2.53. The van der Waals surface area contributed by atoms with Crippen molar-refractivity contribution in [3.63, 3.8) is 0 Å². The van der Waals surface area contributed by atoms with Gasteiger partial charge in [0.15, 0.2) is 11.6 Å². The van der Waals surface area contributed by atoms with Gasteiger partial charge in [-0.05, 0) is 43.2 Å². The molecule has 1 aliphatic heterocycles. The summed E-state index contributed by atoms with van der Waals surface area (Å²) in [7, 11) is 0. The van der Waals surface area contributed by atoms with Gasteiger partial charge in [0.05, 0.1) is 6.42 Å². The molecule has 1 aliphatic rings. The number of aromatic hydroxyl groups is 1. The van der Waals surface area contributed by atoms with E-state index < -0.39 is 11.6 Å². The predicted molar refractivity (Wildman–Crippen MR) is 93.2 cm³/mol. The summed E-state index contributed by atoms with van der Waals surface area (Å²) < 4.78 is 13.3. The Balaban J connectivity index is 1.74. The number of halogens is 1. The number of fused-ring (bicyclic) bond motifs is 1. The van der Waals surface area contributed by atoms with E-state index in [1.54, 1.807) is 11.0 Å². The van der Waals surface area contributed by atoms with Crippen LogP contribution in [0.5, 0.6) is 5.75 Å². The van der Waals surface area contributed by atoms with Crippen LogP contribution in [0.2, 0.25) is 0 Å². The van der Waals surface area contributed by atoms with Gasteiger partial charge in [-0.3, -0.25) is 9.59 Å². The summed E-state index contributed by atoms with van der Waals surface area (Å²) >= 11 is 0. The Hall–Kier alpha value is -2.89. The Morgan fingerprint density at radius 2 is 2.08 bits per heavy atom. The van der Waals surface area contributed by atoms with Crippen LogP contribution in [-0.2, 0) is 22.4 Å². The molecule has 0 fully saturated rings. The number of nitrogens with one attached hydrogen (secondary N) is 1. The highest BCUT2D eigenvalue weighted by molar-refractivity contribution is 5.98. The zero-order valence-electron chi connectivity index (χ0n) is 13.9. The molecule has 2 aromatic carbocycles. The number of hydrogen-bond donors (Lipinski definition) is 2. The van der Waals surface area contributed by atoms with E-state index >= 15 is 0 Å². The minimum absolute atomic E-state index is 0.105. The summed E-state index contributed by atoms with van der Waals surface area (Å²) in [5.41, 5.74) is 2.73. The number of phenolic OH excluding ortho intramolecular Hbond substituents is 1. The minimum atomic E-state index is -0.747. The molecule has 25 heavy (non-hydrogen) atoms. The molecule has 2 N–H and O–H groups in total. The highest BCUT2D eigenvalue weighted by Gasteiger charge is 2.23. The fourth-order valence-corrected chi connectivity index (χ4v) is 3.07. The smallest absolute Gasteiger partial charge is 0.228 e. The lowest BCUT2D eigenvalue weighted by molar-refractivity contribution is -0.119. The number of phenols is 1. The van der Waals surface area contributed by atoms with Crippen molar-refractivity contribution in [3.05, 3.63) is 53.3 Å². The van der Waals surface area contributed by atoms with Gasteiger partial charge in [0.2, 0.25) is 11.8 Å². The lowest BCUT2D eigenvalue weighted by Crippen LogP contribution is -2.34. The fraction of sp³-hybridized carbons (Fsp3) is 0.263. The van der Waals surface area contributed by atoms with Crippen LogP contribution < -0.4 is 10.2 Å². The van der Waals surface area contributed by atoms with E-state index in [1.165, 1.54) is 12.1 Å². The van der Waals surface area contributed by atoms with Crippen molar-refractivity contribution in [1.29, 1.82) is 0 Å². The first-order valence-corrected chi connectivity index (χ1v) is 8.19. The van der Waals surface area contributed by atoms with Crippen LogP contribution in [0.4, 0.5) is 15.8 Å². The molecule has 0 aromatic heterocycles. The first-order valence-electron chi connectivity index (χ1n) is 8.19. The van der Waals surface area contributed by atoms with Crippen molar-refractivity contribution in [2.24, 2.45) is 0 Å². The van der Waals surface area contributed by atoms with Crippen LogP contribution in [0.25, 0.3) is 0 Å². The molecule has 0 unspecified atom stereocenters. The zero-order chi connectivity index (χ0) is 18.0. The maximum atomic E-state index is 13.3. The van der Waals surface area contributed by atoms with Gasteiger partial charge in [-0.25, -0.2) is 4.39 Å². The number of rotatable bonds is 4. The molecule has 0 radical (unpaired) electrons. The molecule has 1 heterocycles. The van der Waals surface area contributed by atoms with E-state index in [2.05, 4.69) is 5.32 Å². The van der Waals surface area contributed by atoms with E-state index in [9.17, 15) is 19.1 Å². The number of para-hydroxylation sites is 1. The molecule has 0 aliphatic carbocycles. The quantitative estimate of drug-likeness (QED) is 0.897. The lowest BCUT2D eigenvalue weighted by Gasteiger charge is -2.28. The first kappa shape index (κ1) is 17.0. The number of anilines is 2. The molecule has 130 valence electrons. The Morgan fingerprint density at radius 3 is 2.84 bits per heavy atom. The van der Waals surface area contributed by atoms with Gasteiger partial charge >= 0.3 is 0 Å². The van der Waals surface area contributed by atoms with Gasteiger partial charge < -0.3 is 15.3 Å². The molecular weight excluding hydrogens is 323 g/mol. The molecular formula is C19H19FN2O3. The van der Waals surface area contributed by atoms with Gasteiger partial charge in [-0.1, -0.05) is 12.1 Å². The number of carbonyl (C=O) groups is 2. The molecule has 0 spiro atoms. The van der Waals surface area contributed by atoms with Crippen LogP contribution >= 0.6 is 0 Å². The maximum absolute atomic E-state index is 13.3. The number of carbonyl (C=O) groups excluding carboxylic acids is 2. The normalized spacial score (nSPS) is 13.5. The molecule has 2 amide bonds. The van der Waals surface area contributed by atoms with Crippen molar-refractivity contribution in [2.45, 2.75) is 26.2 Å². The van der Waals surface area contributed by atoms with Crippen molar-refractivity contribution in [1.82, 2.24) is 0 Å². The van der Waals surface area contributed by atoms with E-state index in [1.807, 2.05) is 19.1 Å². The number of benzene rings is 2. The van der Waals surface area contributed by atoms with Crippen LogP contribution in [-0.4, -0.2) is 23.5 Å². The number of aryl methyl sites for hydroxylation is 1. The van der Waals surface area contributed by atoms with Crippen molar-refractivity contribution in [3.8, 4) is 5.75 Å². The molecule has 2 aromatic rings. The van der Waals surface area contributed by atoms with Crippen molar-refractivity contribution in [2.75, 3.05) is 16.8 Å². The van der Waals surface area contributed by atoms with E-state index in [4.69, 9.17) is 0 Å². The molecule has 5 nitrogen and oxygen atoms in total. The molecule has 0 saturated carbocycles. The maximum Gasteiger partial charge on any atom is 0.228 e. The van der Waals surface area contributed by atoms with E-state index in [0.29, 0.717) is 25.1 Å². The van der Waals surface area contributed by atoms with Crippen LogP contribution in [0.15, 0.2) is 36.4 Å². The predicted octanol–water partition coefficient (Wildman–Crippen LogP) is 3.01. The van der Waals surface area contributed by atoms with Crippen molar-refractivity contribution < 1.29 is 19.1 Å². The molecule has 0 bridgehead atoms. The number of nitrogens with zero attached hydrogens (tertiary/aromatic N) is 1. The average Bonchev–Trinajstić information content (AvgIpc) is 2.59. The first-order chi connectivity index (χ1) is 12.0. The Labute approximate surface area is 145 Å². The van der Waals surface area contributed by atoms with Crippen LogP contribution in [0.1, 0.15) is 24.5 Å². The average molecular weight is 342 g/mol. The van der Waals surface area contributed by atoms with E-state index in [-0.39, 0.29) is 23.8 Å². The standard InChI is InChI=1S/C19H19FN2O3/c1-2-22-16-8-7-14(10-12(16)6-9-18(22)24)21-17(23)11-13-4-3-5-15(20)19(13)25/h3-5,7-8,10,25H,2,6,9,11H2,1H3,(H,21,23). The Kier molecular flexibility index (Phi) is 4.70. The topological polar surface area (TPSA) is 69.6 Å². The SMILES string of the molecule is CCN1C(=O)CCc2cc(NC(=O)Cc3cccc(F)c3O)ccc21. The van der Waals surface area contributed by atoms with Gasteiger partial charge in [-0.2, -0.15) is 0 Å². The summed E-state index contributed by atoms with van der Waals surface area (Å²) in [6.07, 6.45) is 0.967. The van der Waals surface area contributed by atoms with Gasteiger partial charge in [-0.15, -0.1) is 0 Å². The molecule has 0 atom stereocenters. The summed E-state index contributed by atoms with van der Waals surface area (Å²) in [6, 6.07) is 9.52. The summed E-state index contributed by atoms with van der Waals surface area (Å²) in [5, 5.41) is 12.4. The minimum Gasteiger partial charge on any atom is -0.505 e. The van der Waals surface area contributed by atoms with Gasteiger partial charge in [0, 0.05) is 29.9 Å². The number of hydrogen-bond acceptors (Lipinski definition) is 3. The highest BCUT2D eigenvalue weighted by Crippen LogP contribution is 2.30. The fourth-order valence-electron chi connectivity index (χ4n) is 3.07. The van der Waals surface area contributed by atoms with Crippen molar-refractivity contribution >= 4 is 23.2 Å². The third-order valence-corrected chi connectivity index (χ3v) is 4.30. The van der Waals surface area contributed by atoms with Crippen LogP contribution in [0, 0.1) is 5.82 Å². The largest absolute Gasteiger partial charge is 0.505 e. The third-order valence-electron chi connectivity index (χ3n) is 4.30. The van der Waals surface area contributed by atoms with Crippen LogP contribution in [0.3, 0.4) is 0 Å². The summed E-state index contributed by atoms with van der Waals surface area (Å²) in [4.78, 5) is 25.8. The molecule has 3 rings (SSSR count). The van der Waals surface area contributed by atoms with E-state index in [0.717, 1.165) is 17.3 Å². The second-order valence-electron chi connectivity index (χ2n) is 5.95. The monoisotopic (exact) mass is 342 g/mol. The molecule has 0 saturated heterocycles. The lowest BCUT2D eigenvalue weighted by atomic mass is 10.0. The Bertz CT molecular complexity index is 835. The second-order valence-corrected chi connectivity index (χ2v) is 5.95. The van der Waals surface area contributed by atoms with Gasteiger partial charge in [0.25, 0.3) is 0 Å². The Morgan fingerprint density at radius 1 is 1.28 bits per heavy atom. The third kappa shape index (κ3) is 3.47. The molecule has 6 heteroatoms. The van der Waals surface area contributed by atoms with Gasteiger partial charge in [0.1, 0.15) is 0 Å². The number of amides is 2. The second kappa shape index (κ2) is 6.93. The highest BCUT2D eigenvalue weighted by atomic mass is 19.1. The zero-order valence-corrected chi connectivity index (χ0v) is 13.9. The summed E-state index contributed by atoms with van der Waals surface area (Å²) in [5.74, 6) is -1.49.